The van der Waals surface area contributed by atoms with Crippen LogP contribution in [0.15, 0.2) is 47.6 Å². The SMILES string of the molecule is COc1ccccc1C=NNC(=S)Nc1ccc(Cl)cc1C(F)(F)F. The first-order chi connectivity index (χ1) is 11.8. The van der Waals surface area contributed by atoms with Crippen molar-refractivity contribution in [2.45, 2.75) is 6.18 Å². The van der Waals surface area contributed by atoms with Crippen molar-refractivity contribution in [3.63, 3.8) is 0 Å². The fraction of sp³-hybridized carbons (Fsp3) is 0.125. The van der Waals surface area contributed by atoms with Gasteiger partial charge in [0.05, 0.1) is 24.6 Å². The first kappa shape index (κ1) is 19.0. The Labute approximate surface area is 152 Å². The number of alkyl halides is 3. The lowest BCUT2D eigenvalue weighted by Crippen LogP contribution is -2.25. The number of hydrogen-bond acceptors (Lipinski definition) is 3. The number of rotatable bonds is 4. The van der Waals surface area contributed by atoms with E-state index < -0.39 is 11.7 Å². The summed E-state index contributed by atoms with van der Waals surface area (Å²) in [6.45, 7) is 0. The Hall–Kier alpha value is -2.32. The number of benzene rings is 2. The summed E-state index contributed by atoms with van der Waals surface area (Å²) >= 11 is 10.6. The second-order valence-corrected chi connectivity index (χ2v) is 5.60. The van der Waals surface area contributed by atoms with Crippen LogP contribution in [0.25, 0.3) is 0 Å². The molecule has 132 valence electrons. The fourth-order valence-corrected chi connectivity index (χ4v) is 2.28. The molecule has 0 saturated heterocycles. The number of hydrazone groups is 1. The molecule has 2 aromatic carbocycles. The van der Waals surface area contributed by atoms with Crippen LogP contribution in [-0.2, 0) is 6.18 Å². The zero-order chi connectivity index (χ0) is 18.4. The maximum atomic E-state index is 13.0. The minimum absolute atomic E-state index is 0.0223. The van der Waals surface area contributed by atoms with Gasteiger partial charge in [-0.15, -0.1) is 0 Å². The smallest absolute Gasteiger partial charge is 0.418 e. The highest BCUT2D eigenvalue weighted by Crippen LogP contribution is 2.36. The second kappa shape index (κ2) is 8.17. The molecule has 0 amide bonds. The van der Waals surface area contributed by atoms with Gasteiger partial charge in [-0.3, -0.25) is 5.43 Å². The monoisotopic (exact) mass is 387 g/mol. The molecule has 0 fully saturated rings. The number of methoxy groups -OCH3 is 1. The Bertz CT molecular complexity index is 796. The second-order valence-electron chi connectivity index (χ2n) is 4.75. The van der Waals surface area contributed by atoms with Crippen LogP contribution in [0.3, 0.4) is 0 Å². The first-order valence-corrected chi connectivity index (χ1v) is 7.69. The van der Waals surface area contributed by atoms with Gasteiger partial charge >= 0.3 is 6.18 Å². The van der Waals surface area contributed by atoms with E-state index in [4.69, 9.17) is 28.6 Å². The largest absolute Gasteiger partial charge is 0.496 e. The molecule has 25 heavy (non-hydrogen) atoms. The van der Waals surface area contributed by atoms with Crippen molar-refractivity contribution < 1.29 is 17.9 Å². The zero-order valence-electron chi connectivity index (χ0n) is 12.9. The van der Waals surface area contributed by atoms with Crippen LogP contribution in [-0.4, -0.2) is 18.4 Å². The molecule has 0 aliphatic carbocycles. The van der Waals surface area contributed by atoms with E-state index in [1.54, 1.807) is 24.3 Å². The third-order valence-corrected chi connectivity index (χ3v) is 3.47. The molecule has 0 saturated carbocycles. The standard InChI is InChI=1S/C16H13ClF3N3OS/c1-24-14-5-3-2-4-10(14)9-21-23-15(25)22-13-7-6-11(17)8-12(13)16(18,19)20/h2-9H,1H3,(H2,22,23,25). The summed E-state index contributed by atoms with van der Waals surface area (Å²) in [6, 6.07) is 10.5. The fourth-order valence-electron chi connectivity index (χ4n) is 1.94. The van der Waals surface area contributed by atoms with Gasteiger partial charge in [0, 0.05) is 10.6 Å². The summed E-state index contributed by atoms with van der Waals surface area (Å²) in [5.41, 5.74) is 2.00. The predicted octanol–water partition coefficient (Wildman–Crippen LogP) is 4.69. The van der Waals surface area contributed by atoms with Gasteiger partial charge in [0.1, 0.15) is 5.75 Å². The van der Waals surface area contributed by atoms with Crippen molar-refractivity contribution in [2.24, 2.45) is 5.10 Å². The highest BCUT2D eigenvalue weighted by atomic mass is 35.5. The van der Waals surface area contributed by atoms with E-state index in [1.807, 2.05) is 0 Å². The molecule has 0 aliphatic rings. The molecule has 0 aliphatic heterocycles. The number of halogens is 4. The number of nitrogens with one attached hydrogen (secondary N) is 2. The first-order valence-electron chi connectivity index (χ1n) is 6.91. The van der Waals surface area contributed by atoms with E-state index in [9.17, 15) is 13.2 Å². The van der Waals surface area contributed by atoms with Gasteiger partial charge in [-0.25, -0.2) is 0 Å². The molecule has 0 atom stereocenters. The molecule has 0 aromatic heterocycles. The van der Waals surface area contributed by atoms with Crippen molar-refractivity contribution in [1.29, 1.82) is 0 Å². The molecule has 2 N–H and O–H groups in total. The number of thiocarbonyl (C=S) groups is 1. The lowest BCUT2D eigenvalue weighted by molar-refractivity contribution is -0.136. The van der Waals surface area contributed by atoms with Gasteiger partial charge in [-0.1, -0.05) is 23.7 Å². The molecule has 0 radical (unpaired) electrons. The highest BCUT2D eigenvalue weighted by Gasteiger charge is 2.34. The minimum Gasteiger partial charge on any atom is -0.496 e. The maximum Gasteiger partial charge on any atom is 0.418 e. The lowest BCUT2D eigenvalue weighted by Gasteiger charge is -2.15. The molecule has 0 spiro atoms. The molecule has 0 heterocycles. The van der Waals surface area contributed by atoms with E-state index in [-0.39, 0.29) is 15.8 Å². The summed E-state index contributed by atoms with van der Waals surface area (Å²) in [5, 5.41) is 6.23. The van der Waals surface area contributed by atoms with Gasteiger partial charge in [0.25, 0.3) is 0 Å². The molecule has 0 unspecified atom stereocenters. The Morgan fingerprint density at radius 1 is 1.24 bits per heavy atom. The van der Waals surface area contributed by atoms with Gasteiger partial charge in [0.2, 0.25) is 0 Å². The number of ether oxygens (including phenoxy) is 1. The minimum atomic E-state index is -4.57. The summed E-state index contributed by atoms with van der Waals surface area (Å²) in [7, 11) is 1.52. The maximum absolute atomic E-state index is 13.0. The third-order valence-electron chi connectivity index (χ3n) is 3.04. The van der Waals surface area contributed by atoms with Crippen LogP contribution in [0, 0.1) is 0 Å². The Balaban J connectivity index is 2.07. The number of hydrogen-bond donors (Lipinski definition) is 2. The number of nitrogens with zero attached hydrogens (tertiary/aromatic N) is 1. The Morgan fingerprint density at radius 3 is 2.64 bits per heavy atom. The molecule has 2 rings (SSSR count). The van der Waals surface area contributed by atoms with E-state index in [2.05, 4.69) is 15.8 Å². The van der Waals surface area contributed by atoms with Crippen LogP contribution in [0.2, 0.25) is 5.02 Å². The van der Waals surface area contributed by atoms with Crippen molar-refractivity contribution in [2.75, 3.05) is 12.4 Å². The van der Waals surface area contributed by atoms with Crippen molar-refractivity contribution in [1.82, 2.24) is 5.43 Å². The quantitative estimate of drug-likeness (QED) is 0.454. The van der Waals surface area contributed by atoms with Crippen LogP contribution in [0.5, 0.6) is 5.75 Å². The van der Waals surface area contributed by atoms with Gasteiger partial charge in [-0.2, -0.15) is 18.3 Å². The predicted molar refractivity (Wildman–Crippen MR) is 96.4 cm³/mol. The molecule has 2 aromatic rings. The van der Waals surface area contributed by atoms with Crippen LogP contribution in [0.1, 0.15) is 11.1 Å². The summed E-state index contributed by atoms with van der Waals surface area (Å²) in [6.07, 6.45) is -3.12. The zero-order valence-corrected chi connectivity index (χ0v) is 14.5. The van der Waals surface area contributed by atoms with Crippen molar-refractivity contribution >= 4 is 40.8 Å². The molecule has 9 heteroatoms. The van der Waals surface area contributed by atoms with E-state index in [1.165, 1.54) is 25.5 Å². The highest BCUT2D eigenvalue weighted by molar-refractivity contribution is 7.80. The molecular formula is C16H13ClF3N3OS. The summed E-state index contributed by atoms with van der Waals surface area (Å²) < 4.78 is 44.2. The van der Waals surface area contributed by atoms with Gasteiger partial charge in [0.15, 0.2) is 5.11 Å². The molecule has 4 nitrogen and oxygen atoms in total. The van der Waals surface area contributed by atoms with Crippen molar-refractivity contribution in [3.8, 4) is 5.75 Å². The summed E-state index contributed by atoms with van der Waals surface area (Å²) in [4.78, 5) is 0. The van der Waals surface area contributed by atoms with E-state index in [0.717, 1.165) is 6.07 Å². The Kier molecular flexibility index (Phi) is 6.22. The topological polar surface area (TPSA) is 45.6 Å². The van der Waals surface area contributed by atoms with Crippen LogP contribution < -0.4 is 15.5 Å². The molecular weight excluding hydrogens is 375 g/mol. The van der Waals surface area contributed by atoms with E-state index >= 15 is 0 Å². The lowest BCUT2D eigenvalue weighted by atomic mass is 10.1. The van der Waals surface area contributed by atoms with Gasteiger partial charge < -0.3 is 10.1 Å². The summed E-state index contributed by atoms with van der Waals surface area (Å²) in [5.74, 6) is 0.601. The average molecular weight is 388 g/mol. The number of anilines is 1. The third kappa shape index (κ3) is 5.33. The average Bonchev–Trinajstić information content (AvgIpc) is 2.56. The molecule has 0 bridgehead atoms. The van der Waals surface area contributed by atoms with Gasteiger partial charge in [-0.05, 0) is 42.5 Å². The van der Waals surface area contributed by atoms with Crippen LogP contribution in [0.4, 0.5) is 18.9 Å². The Morgan fingerprint density at radius 2 is 1.96 bits per heavy atom. The van der Waals surface area contributed by atoms with Crippen molar-refractivity contribution in [3.05, 3.63) is 58.6 Å². The normalized spacial score (nSPS) is 11.4. The number of para-hydroxylation sites is 1. The van der Waals surface area contributed by atoms with Crippen LogP contribution >= 0.6 is 23.8 Å². The van der Waals surface area contributed by atoms with E-state index in [0.29, 0.717) is 11.3 Å².